The van der Waals surface area contributed by atoms with Crippen LogP contribution >= 0.6 is 0 Å². The average Bonchev–Trinajstić information content (AvgIpc) is 2.77. The van der Waals surface area contributed by atoms with Crippen molar-refractivity contribution >= 4 is 0 Å². The molecule has 0 amide bonds. The summed E-state index contributed by atoms with van der Waals surface area (Å²) in [6, 6.07) is 10.7. The first-order valence-electron chi connectivity index (χ1n) is 8.27. The monoisotopic (exact) mass is 275 g/mol. The minimum Gasteiger partial charge on any atom is -0.494 e. The summed E-state index contributed by atoms with van der Waals surface area (Å²) in [5.74, 6) is 1.86. The maximum atomic E-state index is 5.71. The van der Waals surface area contributed by atoms with Crippen molar-refractivity contribution in [1.29, 1.82) is 0 Å². The predicted octanol–water partition coefficient (Wildman–Crippen LogP) is 4.40. The van der Waals surface area contributed by atoms with Crippen molar-refractivity contribution in [2.24, 2.45) is 5.92 Å². The van der Waals surface area contributed by atoms with E-state index in [9.17, 15) is 0 Å². The highest BCUT2D eigenvalue weighted by Crippen LogP contribution is 2.25. The van der Waals surface area contributed by atoms with Crippen molar-refractivity contribution in [3.8, 4) is 5.75 Å². The zero-order valence-electron chi connectivity index (χ0n) is 12.8. The van der Waals surface area contributed by atoms with E-state index in [4.69, 9.17) is 4.74 Å². The molecule has 0 unspecified atom stereocenters. The summed E-state index contributed by atoms with van der Waals surface area (Å²) in [7, 11) is 0. The van der Waals surface area contributed by atoms with Crippen LogP contribution in [-0.4, -0.2) is 19.2 Å². The molecule has 1 aromatic carbocycles. The lowest BCUT2D eigenvalue weighted by atomic mass is 9.93. The Morgan fingerprint density at radius 3 is 2.50 bits per heavy atom. The van der Waals surface area contributed by atoms with Gasteiger partial charge in [-0.05, 0) is 50.8 Å². The van der Waals surface area contributed by atoms with Gasteiger partial charge in [0.05, 0.1) is 6.61 Å². The first-order valence-corrected chi connectivity index (χ1v) is 8.27. The summed E-state index contributed by atoms with van der Waals surface area (Å²) in [5.41, 5.74) is 0. The van der Waals surface area contributed by atoms with Crippen LogP contribution in [0.15, 0.2) is 30.3 Å². The van der Waals surface area contributed by atoms with Gasteiger partial charge in [0.1, 0.15) is 5.75 Å². The van der Waals surface area contributed by atoms with Crippen LogP contribution in [-0.2, 0) is 0 Å². The Balaban J connectivity index is 1.56. The molecule has 0 spiro atoms. The molecule has 0 radical (unpaired) electrons. The molecule has 0 aliphatic heterocycles. The molecule has 2 rings (SSSR count). The van der Waals surface area contributed by atoms with Crippen molar-refractivity contribution in [1.82, 2.24) is 5.32 Å². The van der Waals surface area contributed by atoms with Crippen molar-refractivity contribution in [3.05, 3.63) is 30.3 Å². The largest absolute Gasteiger partial charge is 0.494 e. The number of benzene rings is 1. The fourth-order valence-corrected chi connectivity index (χ4v) is 3.09. The normalized spacial score (nSPS) is 18.4. The molecule has 2 nitrogen and oxygen atoms in total. The van der Waals surface area contributed by atoms with Gasteiger partial charge in [0, 0.05) is 6.04 Å². The van der Waals surface area contributed by atoms with Crippen molar-refractivity contribution in [2.75, 3.05) is 13.2 Å². The Hall–Kier alpha value is -1.02. The highest BCUT2D eigenvalue weighted by atomic mass is 16.5. The lowest BCUT2D eigenvalue weighted by Crippen LogP contribution is -2.34. The van der Waals surface area contributed by atoms with Gasteiger partial charge in [0.2, 0.25) is 0 Å². The second-order valence-corrected chi connectivity index (χ2v) is 6.01. The molecule has 0 bridgehead atoms. The third kappa shape index (κ3) is 5.54. The zero-order valence-corrected chi connectivity index (χ0v) is 12.8. The molecule has 1 aliphatic carbocycles. The van der Waals surface area contributed by atoms with Crippen LogP contribution in [0.5, 0.6) is 5.75 Å². The number of hydrogen-bond donors (Lipinski definition) is 1. The van der Waals surface area contributed by atoms with Crippen molar-refractivity contribution in [3.63, 3.8) is 0 Å². The summed E-state index contributed by atoms with van der Waals surface area (Å²) in [6.07, 6.45) is 9.62. The molecule has 20 heavy (non-hydrogen) atoms. The Kier molecular flexibility index (Phi) is 6.93. The Morgan fingerprint density at radius 1 is 1.10 bits per heavy atom. The van der Waals surface area contributed by atoms with Crippen molar-refractivity contribution < 1.29 is 4.74 Å². The van der Waals surface area contributed by atoms with E-state index in [2.05, 4.69) is 12.2 Å². The van der Waals surface area contributed by atoms with Crippen LogP contribution in [0.3, 0.4) is 0 Å². The number of nitrogens with one attached hydrogen (secondary N) is 1. The van der Waals surface area contributed by atoms with Gasteiger partial charge in [-0.15, -0.1) is 0 Å². The molecular formula is C18H29NO. The summed E-state index contributed by atoms with van der Waals surface area (Å²) < 4.78 is 5.71. The Bertz CT molecular complexity index is 344. The van der Waals surface area contributed by atoms with Crippen molar-refractivity contribution in [2.45, 2.75) is 57.9 Å². The number of rotatable bonds is 7. The molecule has 2 heteroatoms. The first-order chi connectivity index (χ1) is 9.86. The quantitative estimate of drug-likeness (QED) is 0.588. The fourth-order valence-electron chi connectivity index (χ4n) is 3.09. The van der Waals surface area contributed by atoms with Crippen LogP contribution in [0.4, 0.5) is 0 Å². The Morgan fingerprint density at radius 2 is 1.80 bits per heavy atom. The van der Waals surface area contributed by atoms with Gasteiger partial charge in [-0.25, -0.2) is 0 Å². The average molecular weight is 275 g/mol. The van der Waals surface area contributed by atoms with Gasteiger partial charge < -0.3 is 10.1 Å². The zero-order chi connectivity index (χ0) is 14.0. The molecule has 1 aromatic rings. The number of para-hydroxylation sites is 1. The minimum absolute atomic E-state index is 0.657. The maximum Gasteiger partial charge on any atom is 0.119 e. The van der Waals surface area contributed by atoms with Gasteiger partial charge in [-0.3, -0.25) is 0 Å². The molecule has 0 heterocycles. The van der Waals surface area contributed by atoms with E-state index in [1.165, 1.54) is 38.5 Å². The highest BCUT2D eigenvalue weighted by Gasteiger charge is 2.18. The van der Waals surface area contributed by atoms with E-state index in [0.717, 1.165) is 31.2 Å². The van der Waals surface area contributed by atoms with E-state index in [1.54, 1.807) is 0 Å². The van der Waals surface area contributed by atoms with Gasteiger partial charge in [0.15, 0.2) is 0 Å². The highest BCUT2D eigenvalue weighted by molar-refractivity contribution is 5.20. The molecule has 112 valence electrons. The van der Waals surface area contributed by atoms with Crippen LogP contribution in [0.1, 0.15) is 51.9 Å². The first kappa shape index (κ1) is 15.4. The number of hydrogen-bond acceptors (Lipinski definition) is 2. The molecule has 1 aliphatic rings. The lowest BCUT2D eigenvalue weighted by molar-refractivity contribution is 0.290. The van der Waals surface area contributed by atoms with Gasteiger partial charge in [-0.1, -0.05) is 43.9 Å². The smallest absolute Gasteiger partial charge is 0.119 e. The maximum absolute atomic E-state index is 5.71. The molecular weight excluding hydrogens is 246 g/mol. The van der Waals surface area contributed by atoms with Gasteiger partial charge in [0.25, 0.3) is 0 Å². The predicted molar refractivity (Wildman–Crippen MR) is 85.2 cm³/mol. The second-order valence-electron chi connectivity index (χ2n) is 6.01. The lowest BCUT2D eigenvalue weighted by Gasteiger charge is -2.23. The van der Waals surface area contributed by atoms with Crippen LogP contribution < -0.4 is 10.1 Å². The van der Waals surface area contributed by atoms with Crippen LogP contribution in [0, 0.1) is 5.92 Å². The second kappa shape index (κ2) is 9.02. The molecule has 0 saturated heterocycles. The fraction of sp³-hybridized carbons (Fsp3) is 0.667. The topological polar surface area (TPSA) is 21.3 Å². The molecule has 1 N–H and O–H groups in total. The molecule has 1 fully saturated rings. The van der Waals surface area contributed by atoms with Crippen LogP contribution in [0.25, 0.3) is 0 Å². The van der Waals surface area contributed by atoms with E-state index >= 15 is 0 Å². The molecule has 1 atom stereocenters. The summed E-state index contributed by atoms with van der Waals surface area (Å²) in [6.45, 7) is 4.22. The van der Waals surface area contributed by atoms with Gasteiger partial charge >= 0.3 is 0 Å². The third-order valence-electron chi connectivity index (χ3n) is 4.41. The Labute approximate surface area is 123 Å². The summed E-state index contributed by atoms with van der Waals surface area (Å²) in [4.78, 5) is 0. The number of ether oxygens (including phenoxy) is 1. The van der Waals surface area contributed by atoms with Crippen LogP contribution in [0.2, 0.25) is 0 Å². The summed E-state index contributed by atoms with van der Waals surface area (Å²) >= 11 is 0. The standard InChI is InChI=1S/C18H29NO/c1-16(17-10-5-2-3-6-11-17)19-14-9-15-20-18-12-7-4-8-13-18/h4,7-8,12-13,16-17,19H,2-3,5-6,9-11,14-15H2,1H3/t16-/m1/s1. The van der Waals surface area contributed by atoms with Gasteiger partial charge in [-0.2, -0.15) is 0 Å². The van der Waals surface area contributed by atoms with E-state index in [0.29, 0.717) is 6.04 Å². The SMILES string of the molecule is C[C@@H](NCCCOc1ccccc1)C1CCCCCC1. The molecule has 0 aromatic heterocycles. The minimum atomic E-state index is 0.657. The van der Waals surface area contributed by atoms with E-state index in [-0.39, 0.29) is 0 Å². The summed E-state index contributed by atoms with van der Waals surface area (Å²) in [5, 5.41) is 3.69. The van der Waals surface area contributed by atoms with E-state index < -0.39 is 0 Å². The molecule has 1 saturated carbocycles. The third-order valence-corrected chi connectivity index (χ3v) is 4.41. The van der Waals surface area contributed by atoms with E-state index in [1.807, 2.05) is 30.3 Å².